The number of hydrogen-bond donors (Lipinski definition) is 2. The van der Waals surface area contributed by atoms with Crippen LogP contribution in [0.2, 0.25) is 0 Å². The fourth-order valence-electron chi connectivity index (χ4n) is 3.23. The Labute approximate surface area is 169 Å². The summed E-state index contributed by atoms with van der Waals surface area (Å²) in [6, 6.07) is 22.8. The number of nitrogens with two attached hydrogens (primary N) is 1. The van der Waals surface area contributed by atoms with Gasteiger partial charge >= 0.3 is 0 Å². The number of nitro groups is 1. The van der Waals surface area contributed by atoms with E-state index in [4.69, 9.17) is 0 Å². The molecule has 148 valence electrons. The normalized spacial score (nSPS) is 11.7. The van der Waals surface area contributed by atoms with E-state index in [1.165, 1.54) is 17.7 Å². The molecule has 1 atom stereocenters. The van der Waals surface area contributed by atoms with Crippen molar-refractivity contribution in [2.24, 2.45) is 0 Å². The first-order chi connectivity index (χ1) is 13.9. The van der Waals surface area contributed by atoms with Gasteiger partial charge in [0.1, 0.15) is 6.04 Å². The van der Waals surface area contributed by atoms with E-state index in [0.717, 1.165) is 11.1 Å². The van der Waals surface area contributed by atoms with Gasteiger partial charge in [-0.2, -0.15) is 0 Å². The highest BCUT2D eigenvalue weighted by Gasteiger charge is 2.19. The van der Waals surface area contributed by atoms with Crippen LogP contribution in [0.25, 0.3) is 0 Å². The third-order valence-corrected chi connectivity index (χ3v) is 4.83. The molecule has 0 aromatic heterocycles. The molecule has 1 amide bonds. The third-order valence-electron chi connectivity index (χ3n) is 4.83. The first-order valence-corrected chi connectivity index (χ1v) is 9.44. The summed E-state index contributed by atoms with van der Waals surface area (Å²) in [7, 11) is 0. The van der Waals surface area contributed by atoms with Crippen LogP contribution >= 0.6 is 0 Å². The van der Waals surface area contributed by atoms with Crippen LogP contribution in [0.5, 0.6) is 0 Å². The molecule has 0 spiro atoms. The van der Waals surface area contributed by atoms with E-state index in [1.54, 1.807) is 13.0 Å². The molecule has 6 heteroatoms. The van der Waals surface area contributed by atoms with E-state index in [-0.39, 0.29) is 24.2 Å². The average Bonchev–Trinajstić information content (AvgIpc) is 2.71. The Morgan fingerprint density at radius 1 is 1.00 bits per heavy atom. The maximum Gasteiger partial charge on any atom is 0.279 e. The molecule has 29 heavy (non-hydrogen) atoms. The number of carbonyl (C=O) groups excluding carboxylic acids is 1. The minimum absolute atomic E-state index is 0.000470. The number of nitrogens with one attached hydrogen (secondary N) is 1. The quantitative estimate of drug-likeness (QED) is 0.478. The zero-order chi connectivity index (χ0) is 20.8. The van der Waals surface area contributed by atoms with Crippen LogP contribution in [-0.4, -0.2) is 17.4 Å². The van der Waals surface area contributed by atoms with Crippen molar-refractivity contribution in [1.82, 2.24) is 0 Å². The Bertz CT molecular complexity index is 1000. The molecule has 3 aromatic carbocycles. The summed E-state index contributed by atoms with van der Waals surface area (Å²) >= 11 is 0. The van der Waals surface area contributed by atoms with E-state index in [2.05, 4.69) is 41.7 Å². The van der Waals surface area contributed by atoms with Crippen LogP contribution in [0, 0.1) is 24.0 Å². The number of nitrogens with zero attached hydrogens (tertiary/aromatic N) is 1. The Morgan fingerprint density at radius 2 is 1.66 bits per heavy atom. The Morgan fingerprint density at radius 3 is 2.28 bits per heavy atom. The number of benzene rings is 3. The molecular weight excluding hydrogens is 366 g/mol. The number of non-ortho nitro benzene ring substituents is 1. The lowest BCUT2D eigenvalue weighted by molar-refractivity contribution is -0.676. The predicted octanol–water partition coefficient (Wildman–Crippen LogP) is 3.50. The Hall–Kier alpha value is -3.51. The van der Waals surface area contributed by atoms with Crippen LogP contribution in [0.1, 0.15) is 28.3 Å². The van der Waals surface area contributed by atoms with Gasteiger partial charge in [-0.3, -0.25) is 14.9 Å². The van der Waals surface area contributed by atoms with Gasteiger partial charge in [0.25, 0.3) is 11.6 Å². The lowest BCUT2D eigenvalue weighted by atomic mass is 9.98. The van der Waals surface area contributed by atoms with E-state index in [1.807, 2.05) is 30.4 Å². The van der Waals surface area contributed by atoms with E-state index in [9.17, 15) is 14.9 Å². The fraction of sp³-hybridized carbons (Fsp3) is 0.174. The topological polar surface area (TPSA) is 88.8 Å². The maximum absolute atomic E-state index is 12.5. The van der Waals surface area contributed by atoms with E-state index < -0.39 is 4.92 Å². The van der Waals surface area contributed by atoms with Crippen LogP contribution in [0.15, 0.2) is 72.8 Å². The average molecular weight is 390 g/mol. The summed E-state index contributed by atoms with van der Waals surface area (Å²) < 4.78 is 0. The first kappa shape index (κ1) is 20.2. The summed E-state index contributed by atoms with van der Waals surface area (Å²) in [6.07, 6.45) is 0. The second-order valence-electron chi connectivity index (χ2n) is 7.04. The van der Waals surface area contributed by atoms with Crippen molar-refractivity contribution >= 4 is 17.3 Å². The molecule has 3 rings (SSSR count). The molecule has 0 unspecified atom stereocenters. The van der Waals surface area contributed by atoms with Crippen LogP contribution < -0.4 is 10.6 Å². The van der Waals surface area contributed by atoms with Gasteiger partial charge in [0.15, 0.2) is 6.54 Å². The van der Waals surface area contributed by atoms with Crippen molar-refractivity contribution in [3.05, 3.63) is 105 Å². The molecule has 3 aromatic rings. The highest BCUT2D eigenvalue weighted by molar-refractivity contribution is 5.92. The SMILES string of the molecule is Cc1ccc([C@@H]([NH2+]CC(=O)Nc2ccc([N+](=O)[O-])cc2C)c2ccccc2)cc1. The molecule has 0 heterocycles. The summed E-state index contributed by atoms with van der Waals surface area (Å²) in [4.78, 5) is 23.0. The monoisotopic (exact) mass is 390 g/mol. The molecule has 0 aliphatic heterocycles. The van der Waals surface area contributed by atoms with Gasteiger partial charge in [0, 0.05) is 28.9 Å². The highest BCUT2D eigenvalue weighted by atomic mass is 16.6. The second-order valence-corrected chi connectivity index (χ2v) is 7.04. The molecule has 0 aliphatic rings. The van der Waals surface area contributed by atoms with Gasteiger partial charge in [-0.05, 0) is 25.5 Å². The number of hydrogen-bond acceptors (Lipinski definition) is 3. The second kappa shape index (κ2) is 9.12. The van der Waals surface area contributed by atoms with Gasteiger partial charge < -0.3 is 10.6 Å². The van der Waals surface area contributed by atoms with Gasteiger partial charge in [0.2, 0.25) is 0 Å². The molecule has 0 aliphatic carbocycles. The minimum Gasteiger partial charge on any atom is -0.328 e. The standard InChI is InChI=1S/C23H23N3O3/c1-16-8-10-19(11-9-16)23(18-6-4-3-5-7-18)24-15-22(27)25-21-13-12-20(26(28)29)14-17(21)2/h3-14,23-24H,15H2,1-2H3,(H,25,27)/p+1/t23-/m0/s1. The predicted molar refractivity (Wildman–Crippen MR) is 113 cm³/mol. The summed E-state index contributed by atoms with van der Waals surface area (Å²) in [6.45, 7) is 4.01. The maximum atomic E-state index is 12.5. The van der Waals surface area contributed by atoms with Crippen molar-refractivity contribution in [2.75, 3.05) is 11.9 Å². The summed E-state index contributed by atoms with van der Waals surface area (Å²) in [5.74, 6) is -0.157. The zero-order valence-corrected chi connectivity index (χ0v) is 16.5. The van der Waals surface area contributed by atoms with Crippen molar-refractivity contribution in [1.29, 1.82) is 0 Å². The highest BCUT2D eigenvalue weighted by Crippen LogP contribution is 2.21. The van der Waals surface area contributed by atoms with E-state index >= 15 is 0 Å². The van der Waals surface area contributed by atoms with Crippen molar-refractivity contribution < 1.29 is 15.0 Å². The first-order valence-electron chi connectivity index (χ1n) is 9.44. The van der Waals surface area contributed by atoms with Crippen molar-refractivity contribution in [3.8, 4) is 0 Å². The molecule has 0 fully saturated rings. The molecule has 3 N–H and O–H groups in total. The number of nitro benzene ring substituents is 1. The minimum atomic E-state index is -0.446. The molecule has 0 radical (unpaired) electrons. The number of aryl methyl sites for hydroxylation is 2. The number of anilines is 1. The number of carbonyl (C=O) groups is 1. The van der Waals surface area contributed by atoms with Gasteiger partial charge in [-0.25, -0.2) is 0 Å². The molecule has 0 bridgehead atoms. The molecule has 0 saturated heterocycles. The lowest BCUT2D eigenvalue weighted by Gasteiger charge is -2.17. The van der Waals surface area contributed by atoms with E-state index in [0.29, 0.717) is 11.3 Å². The van der Waals surface area contributed by atoms with Crippen LogP contribution in [0.4, 0.5) is 11.4 Å². The third kappa shape index (κ3) is 5.27. The van der Waals surface area contributed by atoms with Crippen molar-refractivity contribution in [2.45, 2.75) is 19.9 Å². The number of rotatable bonds is 7. The Kier molecular flexibility index (Phi) is 6.36. The fourth-order valence-corrected chi connectivity index (χ4v) is 3.23. The number of amides is 1. The Balaban J connectivity index is 1.71. The molecule has 6 nitrogen and oxygen atoms in total. The van der Waals surface area contributed by atoms with Crippen molar-refractivity contribution in [3.63, 3.8) is 0 Å². The summed E-state index contributed by atoms with van der Waals surface area (Å²) in [5, 5.41) is 15.7. The largest absolute Gasteiger partial charge is 0.328 e. The smallest absolute Gasteiger partial charge is 0.279 e. The summed E-state index contributed by atoms with van der Waals surface area (Å²) in [5.41, 5.74) is 4.69. The van der Waals surface area contributed by atoms with Gasteiger partial charge in [-0.15, -0.1) is 0 Å². The molecule has 0 saturated carbocycles. The van der Waals surface area contributed by atoms with Gasteiger partial charge in [-0.1, -0.05) is 60.2 Å². The van der Waals surface area contributed by atoms with Gasteiger partial charge in [0.05, 0.1) is 4.92 Å². The molecular formula is C23H24N3O3+. The lowest BCUT2D eigenvalue weighted by Crippen LogP contribution is -2.87. The van der Waals surface area contributed by atoms with Crippen LogP contribution in [0.3, 0.4) is 0 Å². The number of quaternary nitrogens is 1. The van der Waals surface area contributed by atoms with Crippen LogP contribution in [-0.2, 0) is 4.79 Å². The zero-order valence-electron chi connectivity index (χ0n) is 16.5.